The number of rotatable bonds is 3. The van der Waals surface area contributed by atoms with Gasteiger partial charge in [-0.15, -0.1) is 0 Å². The molecule has 0 radical (unpaired) electrons. The summed E-state index contributed by atoms with van der Waals surface area (Å²) in [6.07, 6.45) is 0.685. The first kappa shape index (κ1) is 8.92. The lowest BCUT2D eigenvalue weighted by atomic mass is 9.87. The van der Waals surface area contributed by atoms with E-state index < -0.39 is 0 Å². The van der Waals surface area contributed by atoms with E-state index in [0.717, 1.165) is 0 Å². The third-order valence-electron chi connectivity index (χ3n) is 1.97. The van der Waals surface area contributed by atoms with Crippen molar-refractivity contribution in [2.24, 2.45) is 11.7 Å². The smallest absolute Gasteiger partial charge is 0.0448 e. The van der Waals surface area contributed by atoms with Gasteiger partial charge in [0.2, 0.25) is 0 Å². The maximum Gasteiger partial charge on any atom is 0.0448 e. The fourth-order valence-corrected chi connectivity index (χ4v) is 0.530. The lowest BCUT2D eigenvalue weighted by Crippen LogP contribution is -2.42. The Balaban J connectivity index is 3.70. The average Bonchev–Trinajstić information content (AvgIpc) is 1.65. The van der Waals surface area contributed by atoms with Crippen LogP contribution in [0.15, 0.2) is 0 Å². The summed E-state index contributed by atoms with van der Waals surface area (Å²) in [5.41, 5.74) is 5.61. The summed E-state index contributed by atoms with van der Waals surface area (Å²) < 4.78 is 0. The minimum atomic E-state index is -0.200. The fourth-order valence-electron chi connectivity index (χ4n) is 0.530. The van der Waals surface area contributed by atoms with Crippen LogP contribution in [-0.2, 0) is 0 Å². The van der Waals surface area contributed by atoms with E-state index in [1.807, 2.05) is 6.92 Å². The van der Waals surface area contributed by atoms with Crippen molar-refractivity contribution in [1.29, 1.82) is 0 Å². The molecule has 0 bridgehead atoms. The summed E-state index contributed by atoms with van der Waals surface area (Å²) in [7, 11) is 0. The SMILES string of the molecule is CC(C)C(C)(N)CCO. The molecule has 0 fully saturated rings. The van der Waals surface area contributed by atoms with E-state index >= 15 is 0 Å². The average molecular weight is 131 g/mol. The molecule has 0 heterocycles. The van der Waals surface area contributed by atoms with Crippen LogP contribution in [0.4, 0.5) is 0 Å². The number of aliphatic hydroxyl groups is 1. The van der Waals surface area contributed by atoms with E-state index in [1.54, 1.807) is 0 Å². The molecular formula is C7H17NO. The fraction of sp³-hybridized carbons (Fsp3) is 1.00. The van der Waals surface area contributed by atoms with Crippen molar-refractivity contribution in [3.8, 4) is 0 Å². The van der Waals surface area contributed by atoms with E-state index in [2.05, 4.69) is 13.8 Å². The first-order valence-electron chi connectivity index (χ1n) is 3.40. The van der Waals surface area contributed by atoms with Crippen molar-refractivity contribution in [3.63, 3.8) is 0 Å². The molecule has 0 rings (SSSR count). The molecule has 1 atom stereocenters. The van der Waals surface area contributed by atoms with Gasteiger partial charge >= 0.3 is 0 Å². The van der Waals surface area contributed by atoms with Crippen molar-refractivity contribution in [2.75, 3.05) is 6.61 Å². The molecule has 3 N–H and O–H groups in total. The highest BCUT2D eigenvalue weighted by atomic mass is 16.3. The Bertz CT molecular complexity index is 79.0. The van der Waals surface area contributed by atoms with Crippen LogP contribution < -0.4 is 5.73 Å². The van der Waals surface area contributed by atoms with Crippen LogP contribution in [0.2, 0.25) is 0 Å². The molecule has 1 unspecified atom stereocenters. The lowest BCUT2D eigenvalue weighted by molar-refractivity contribution is 0.215. The third-order valence-corrected chi connectivity index (χ3v) is 1.97. The number of hydrogen-bond acceptors (Lipinski definition) is 2. The molecule has 0 aliphatic carbocycles. The Kier molecular flexibility index (Phi) is 3.15. The molecule has 0 aromatic rings. The first-order chi connectivity index (χ1) is 4.00. The molecule has 0 amide bonds. The Morgan fingerprint density at radius 1 is 1.56 bits per heavy atom. The molecule has 0 aliphatic rings. The Labute approximate surface area is 57.1 Å². The third kappa shape index (κ3) is 2.82. The van der Waals surface area contributed by atoms with Crippen LogP contribution in [0.1, 0.15) is 27.2 Å². The van der Waals surface area contributed by atoms with Crippen molar-refractivity contribution in [3.05, 3.63) is 0 Å². The molecule has 0 aromatic heterocycles. The van der Waals surface area contributed by atoms with Gasteiger partial charge in [-0.05, 0) is 19.3 Å². The van der Waals surface area contributed by atoms with Gasteiger partial charge in [-0.25, -0.2) is 0 Å². The minimum absolute atomic E-state index is 0.186. The highest BCUT2D eigenvalue weighted by molar-refractivity contribution is 4.81. The summed E-state index contributed by atoms with van der Waals surface area (Å²) in [5.74, 6) is 0.435. The van der Waals surface area contributed by atoms with Gasteiger partial charge in [-0.1, -0.05) is 13.8 Å². The van der Waals surface area contributed by atoms with E-state index in [-0.39, 0.29) is 12.1 Å². The second-order valence-corrected chi connectivity index (χ2v) is 3.13. The Morgan fingerprint density at radius 3 is 2.11 bits per heavy atom. The lowest BCUT2D eigenvalue weighted by Gasteiger charge is -2.27. The normalized spacial score (nSPS) is 18.0. The quantitative estimate of drug-likeness (QED) is 0.593. The summed E-state index contributed by atoms with van der Waals surface area (Å²) in [4.78, 5) is 0. The zero-order valence-corrected chi connectivity index (χ0v) is 6.52. The number of nitrogens with two attached hydrogens (primary N) is 1. The first-order valence-corrected chi connectivity index (χ1v) is 3.40. The van der Waals surface area contributed by atoms with Gasteiger partial charge < -0.3 is 10.8 Å². The van der Waals surface area contributed by atoms with E-state index in [4.69, 9.17) is 10.8 Å². The van der Waals surface area contributed by atoms with Crippen LogP contribution in [0.5, 0.6) is 0 Å². The minimum Gasteiger partial charge on any atom is -0.396 e. The van der Waals surface area contributed by atoms with Gasteiger partial charge in [0.05, 0.1) is 0 Å². The largest absolute Gasteiger partial charge is 0.396 e. The molecule has 0 spiro atoms. The Hall–Kier alpha value is -0.0800. The molecule has 0 saturated carbocycles. The van der Waals surface area contributed by atoms with E-state index in [0.29, 0.717) is 12.3 Å². The maximum absolute atomic E-state index is 8.57. The number of hydrogen-bond donors (Lipinski definition) is 2. The van der Waals surface area contributed by atoms with E-state index in [1.165, 1.54) is 0 Å². The topological polar surface area (TPSA) is 46.2 Å². The van der Waals surface area contributed by atoms with Gasteiger partial charge in [0, 0.05) is 12.1 Å². The predicted octanol–water partition coefficient (Wildman–Crippen LogP) is 0.742. The monoisotopic (exact) mass is 131 g/mol. The maximum atomic E-state index is 8.57. The second-order valence-electron chi connectivity index (χ2n) is 3.13. The molecule has 56 valence electrons. The van der Waals surface area contributed by atoms with Crippen molar-refractivity contribution in [2.45, 2.75) is 32.7 Å². The van der Waals surface area contributed by atoms with Crippen LogP contribution in [0.25, 0.3) is 0 Å². The molecule has 2 heteroatoms. The van der Waals surface area contributed by atoms with Gasteiger partial charge in [-0.2, -0.15) is 0 Å². The van der Waals surface area contributed by atoms with Gasteiger partial charge in [0.1, 0.15) is 0 Å². The van der Waals surface area contributed by atoms with Gasteiger partial charge in [-0.3, -0.25) is 0 Å². The zero-order chi connectivity index (χ0) is 7.49. The summed E-state index contributed by atoms with van der Waals surface area (Å²) >= 11 is 0. The molecule has 0 aromatic carbocycles. The summed E-state index contributed by atoms with van der Waals surface area (Å²) in [6.45, 7) is 6.28. The van der Waals surface area contributed by atoms with Crippen LogP contribution >= 0.6 is 0 Å². The number of aliphatic hydroxyl groups excluding tert-OH is 1. The molecule has 0 aliphatic heterocycles. The van der Waals surface area contributed by atoms with Crippen LogP contribution in [0, 0.1) is 5.92 Å². The van der Waals surface area contributed by atoms with Gasteiger partial charge in [0.25, 0.3) is 0 Å². The Morgan fingerprint density at radius 2 is 2.00 bits per heavy atom. The predicted molar refractivity (Wildman–Crippen MR) is 39.1 cm³/mol. The molecule has 2 nitrogen and oxygen atoms in total. The molecular weight excluding hydrogens is 114 g/mol. The summed E-state index contributed by atoms with van der Waals surface area (Å²) in [5, 5.41) is 8.57. The summed E-state index contributed by atoms with van der Waals surface area (Å²) in [6, 6.07) is 0. The molecule has 9 heavy (non-hydrogen) atoms. The van der Waals surface area contributed by atoms with Crippen LogP contribution in [0.3, 0.4) is 0 Å². The van der Waals surface area contributed by atoms with Crippen molar-refractivity contribution >= 4 is 0 Å². The van der Waals surface area contributed by atoms with Crippen molar-refractivity contribution in [1.82, 2.24) is 0 Å². The standard InChI is InChI=1S/C7H17NO/c1-6(2)7(3,8)4-5-9/h6,9H,4-5,8H2,1-3H3. The van der Waals surface area contributed by atoms with E-state index in [9.17, 15) is 0 Å². The highest BCUT2D eigenvalue weighted by Crippen LogP contribution is 2.15. The zero-order valence-electron chi connectivity index (χ0n) is 6.52. The van der Waals surface area contributed by atoms with Crippen LogP contribution in [-0.4, -0.2) is 17.3 Å². The second kappa shape index (κ2) is 3.18. The van der Waals surface area contributed by atoms with Gasteiger partial charge in [0.15, 0.2) is 0 Å². The molecule has 0 saturated heterocycles. The van der Waals surface area contributed by atoms with Crippen molar-refractivity contribution < 1.29 is 5.11 Å². The highest BCUT2D eigenvalue weighted by Gasteiger charge is 2.21.